The van der Waals surface area contributed by atoms with E-state index in [0.29, 0.717) is 19.4 Å². The number of carbonyl (C=O) groups is 3. The summed E-state index contributed by atoms with van der Waals surface area (Å²) >= 11 is 0. The van der Waals surface area contributed by atoms with E-state index in [9.17, 15) is 23.2 Å². The minimum Gasteiger partial charge on any atom is -0.435 e. The van der Waals surface area contributed by atoms with Gasteiger partial charge in [0.2, 0.25) is 5.91 Å². The van der Waals surface area contributed by atoms with Crippen LogP contribution in [0.2, 0.25) is 0 Å². The van der Waals surface area contributed by atoms with Crippen molar-refractivity contribution >= 4 is 23.5 Å². The molecule has 9 heteroatoms. The SMILES string of the molecule is CC1(CCc2ccc(OC(F)F)cc2)NC(=O)N(CC(=O)N2CCc3ccccc32)C1=O. The summed E-state index contributed by atoms with van der Waals surface area (Å²) in [6.07, 6.45) is 1.46. The van der Waals surface area contributed by atoms with Crippen molar-refractivity contribution in [1.29, 1.82) is 0 Å². The largest absolute Gasteiger partial charge is 0.435 e. The third-order valence-electron chi connectivity index (χ3n) is 5.89. The highest BCUT2D eigenvalue weighted by Crippen LogP contribution is 2.29. The van der Waals surface area contributed by atoms with E-state index < -0.39 is 24.1 Å². The van der Waals surface area contributed by atoms with Crippen molar-refractivity contribution in [3.05, 3.63) is 59.7 Å². The molecule has 1 saturated heterocycles. The molecule has 168 valence electrons. The quantitative estimate of drug-likeness (QED) is 0.667. The Kier molecular flexibility index (Phi) is 5.82. The topological polar surface area (TPSA) is 79.0 Å². The lowest BCUT2D eigenvalue weighted by Crippen LogP contribution is -2.46. The third kappa shape index (κ3) is 4.28. The smallest absolute Gasteiger partial charge is 0.387 e. The lowest BCUT2D eigenvalue weighted by Gasteiger charge is -2.23. The van der Waals surface area contributed by atoms with E-state index in [0.717, 1.165) is 28.1 Å². The van der Waals surface area contributed by atoms with E-state index in [1.54, 1.807) is 24.0 Å². The molecule has 0 aliphatic carbocycles. The van der Waals surface area contributed by atoms with Crippen molar-refractivity contribution in [3.8, 4) is 5.75 Å². The minimum atomic E-state index is -2.89. The Morgan fingerprint density at radius 3 is 2.59 bits per heavy atom. The van der Waals surface area contributed by atoms with Crippen LogP contribution in [-0.2, 0) is 22.4 Å². The maximum atomic E-state index is 13.0. The lowest BCUT2D eigenvalue weighted by molar-refractivity contribution is -0.134. The maximum absolute atomic E-state index is 13.0. The molecule has 0 bridgehead atoms. The van der Waals surface area contributed by atoms with Gasteiger partial charge in [0.25, 0.3) is 5.91 Å². The highest BCUT2D eigenvalue weighted by Gasteiger charge is 2.48. The van der Waals surface area contributed by atoms with Gasteiger partial charge >= 0.3 is 12.6 Å². The molecule has 1 atom stereocenters. The van der Waals surface area contributed by atoms with Gasteiger partial charge in [-0.05, 0) is 55.5 Å². The number of rotatable bonds is 7. The molecule has 1 unspecified atom stereocenters. The first-order valence-electron chi connectivity index (χ1n) is 10.3. The fraction of sp³-hybridized carbons (Fsp3) is 0.348. The predicted octanol–water partition coefficient (Wildman–Crippen LogP) is 3.12. The van der Waals surface area contributed by atoms with Crippen LogP contribution >= 0.6 is 0 Å². The zero-order valence-corrected chi connectivity index (χ0v) is 17.5. The Bertz CT molecular complexity index is 1040. The number of hydrogen-bond donors (Lipinski definition) is 1. The molecule has 0 radical (unpaired) electrons. The predicted molar refractivity (Wildman–Crippen MR) is 113 cm³/mol. The molecule has 2 aliphatic rings. The van der Waals surface area contributed by atoms with Gasteiger partial charge in [0.05, 0.1) is 0 Å². The van der Waals surface area contributed by atoms with Crippen molar-refractivity contribution in [2.24, 2.45) is 0 Å². The minimum absolute atomic E-state index is 0.0494. The number of imide groups is 1. The number of carbonyl (C=O) groups excluding carboxylic acids is 3. The molecule has 2 aromatic carbocycles. The molecule has 4 amide bonds. The monoisotopic (exact) mass is 443 g/mol. The highest BCUT2D eigenvalue weighted by molar-refractivity contribution is 6.10. The van der Waals surface area contributed by atoms with Crippen molar-refractivity contribution in [1.82, 2.24) is 10.2 Å². The second-order valence-corrected chi connectivity index (χ2v) is 8.10. The molecule has 7 nitrogen and oxygen atoms in total. The number of fused-ring (bicyclic) bond motifs is 1. The number of aryl methyl sites for hydroxylation is 1. The van der Waals surface area contributed by atoms with E-state index in [1.165, 1.54) is 12.1 Å². The first-order chi connectivity index (χ1) is 15.3. The van der Waals surface area contributed by atoms with E-state index in [2.05, 4.69) is 10.1 Å². The van der Waals surface area contributed by atoms with E-state index in [4.69, 9.17) is 0 Å². The number of nitrogens with zero attached hydrogens (tertiary/aromatic N) is 2. The van der Waals surface area contributed by atoms with Crippen LogP contribution in [0.15, 0.2) is 48.5 Å². The summed E-state index contributed by atoms with van der Waals surface area (Å²) in [7, 11) is 0. The molecule has 1 N–H and O–H groups in total. The average Bonchev–Trinajstić information content (AvgIpc) is 3.28. The van der Waals surface area contributed by atoms with Crippen molar-refractivity contribution in [3.63, 3.8) is 0 Å². The molecule has 1 fully saturated rings. The Balaban J connectivity index is 1.38. The van der Waals surface area contributed by atoms with Gasteiger partial charge in [-0.25, -0.2) is 4.79 Å². The van der Waals surface area contributed by atoms with E-state index in [-0.39, 0.29) is 18.2 Å². The van der Waals surface area contributed by atoms with Gasteiger partial charge in [-0.1, -0.05) is 30.3 Å². The van der Waals surface area contributed by atoms with E-state index in [1.807, 2.05) is 24.3 Å². The third-order valence-corrected chi connectivity index (χ3v) is 5.89. The van der Waals surface area contributed by atoms with Crippen molar-refractivity contribution in [2.75, 3.05) is 18.0 Å². The zero-order valence-electron chi connectivity index (χ0n) is 17.5. The molecule has 2 heterocycles. The molecule has 4 rings (SSSR count). The van der Waals surface area contributed by atoms with Crippen LogP contribution in [0.4, 0.5) is 19.3 Å². The number of urea groups is 1. The number of ether oxygens (including phenoxy) is 1. The molecular weight excluding hydrogens is 420 g/mol. The fourth-order valence-corrected chi connectivity index (χ4v) is 4.11. The van der Waals surface area contributed by atoms with Gasteiger partial charge in [0.1, 0.15) is 17.8 Å². The second-order valence-electron chi connectivity index (χ2n) is 8.10. The van der Waals surface area contributed by atoms with E-state index >= 15 is 0 Å². The first kappa shape index (κ1) is 21.7. The highest BCUT2D eigenvalue weighted by atomic mass is 19.3. The number of para-hydroxylation sites is 1. The zero-order chi connectivity index (χ0) is 22.9. The normalized spacial score (nSPS) is 20.0. The number of amides is 4. The van der Waals surface area contributed by atoms with Gasteiger partial charge < -0.3 is 15.0 Å². The molecule has 2 aromatic rings. The first-order valence-corrected chi connectivity index (χ1v) is 10.3. The number of nitrogens with one attached hydrogen (secondary N) is 1. The average molecular weight is 443 g/mol. The van der Waals surface area contributed by atoms with Crippen LogP contribution in [0.5, 0.6) is 5.75 Å². The number of hydrogen-bond acceptors (Lipinski definition) is 4. The second kappa shape index (κ2) is 8.57. The van der Waals surface area contributed by atoms with Gasteiger partial charge in [-0.3, -0.25) is 14.5 Å². The number of halogens is 2. The Labute approximate surface area is 183 Å². The fourth-order valence-electron chi connectivity index (χ4n) is 4.11. The summed E-state index contributed by atoms with van der Waals surface area (Å²) < 4.78 is 28.9. The van der Waals surface area contributed by atoms with Crippen LogP contribution in [0.25, 0.3) is 0 Å². The van der Waals surface area contributed by atoms with Crippen LogP contribution in [0.3, 0.4) is 0 Å². The van der Waals surface area contributed by atoms with Crippen molar-refractivity contribution < 1.29 is 27.9 Å². The van der Waals surface area contributed by atoms with Crippen LogP contribution in [0.1, 0.15) is 24.5 Å². The Morgan fingerprint density at radius 1 is 1.16 bits per heavy atom. The Morgan fingerprint density at radius 2 is 1.88 bits per heavy atom. The molecule has 32 heavy (non-hydrogen) atoms. The van der Waals surface area contributed by atoms with Gasteiger partial charge in [0.15, 0.2) is 0 Å². The number of anilines is 1. The van der Waals surface area contributed by atoms with Crippen LogP contribution < -0.4 is 15.0 Å². The lowest BCUT2D eigenvalue weighted by atomic mass is 9.93. The summed E-state index contributed by atoms with van der Waals surface area (Å²) in [4.78, 5) is 40.9. The summed E-state index contributed by atoms with van der Waals surface area (Å²) in [5.41, 5.74) is 1.52. The summed E-state index contributed by atoms with van der Waals surface area (Å²) in [5.74, 6) is -0.716. The number of alkyl halides is 2. The number of benzene rings is 2. The standard InChI is InChI=1S/C23H23F2N3O4/c1-23(12-10-15-6-8-17(9-7-15)32-21(24)25)20(30)28(22(31)26-23)14-19(29)27-13-11-16-4-2-3-5-18(16)27/h2-9,21H,10-14H2,1H3,(H,26,31). The summed E-state index contributed by atoms with van der Waals surface area (Å²) in [5, 5.41) is 2.70. The molecular formula is C23H23F2N3O4. The molecule has 0 aromatic heterocycles. The van der Waals surface area contributed by atoms with Gasteiger partial charge in [-0.2, -0.15) is 8.78 Å². The van der Waals surface area contributed by atoms with Crippen LogP contribution in [-0.4, -0.2) is 48.0 Å². The van der Waals surface area contributed by atoms with Gasteiger partial charge in [0, 0.05) is 12.2 Å². The maximum Gasteiger partial charge on any atom is 0.387 e. The van der Waals surface area contributed by atoms with Crippen LogP contribution in [0, 0.1) is 0 Å². The molecule has 2 aliphatic heterocycles. The summed E-state index contributed by atoms with van der Waals surface area (Å²) in [6, 6.07) is 13.1. The molecule has 0 spiro atoms. The Hall–Kier alpha value is -3.49. The van der Waals surface area contributed by atoms with Crippen molar-refractivity contribution in [2.45, 2.75) is 38.3 Å². The van der Waals surface area contributed by atoms with Gasteiger partial charge in [-0.15, -0.1) is 0 Å². The summed E-state index contributed by atoms with van der Waals surface area (Å²) in [6.45, 7) is -1.08. The molecule has 0 saturated carbocycles.